The van der Waals surface area contributed by atoms with E-state index in [1.807, 2.05) is 0 Å². The van der Waals surface area contributed by atoms with Crippen LogP contribution in [0, 0.1) is 5.82 Å². The lowest BCUT2D eigenvalue weighted by Gasteiger charge is -2.21. The van der Waals surface area contributed by atoms with E-state index in [-0.39, 0.29) is 25.8 Å². The molecule has 2 N–H and O–H groups in total. The molecule has 1 aliphatic heterocycles. The van der Waals surface area contributed by atoms with Crippen molar-refractivity contribution in [1.29, 1.82) is 0 Å². The first-order chi connectivity index (χ1) is 15.0. The molecule has 0 spiro atoms. The summed E-state index contributed by atoms with van der Waals surface area (Å²) >= 11 is 0. The number of aliphatic hydroxyl groups excluding tert-OH is 1. The molecule has 10 heteroatoms. The lowest BCUT2D eigenvalue weighted by atomic mass is 10.1. The number of amides is 1. The van der Waals surface area contributed by atoms with Crippen molar-refractivity contribution in [2.75, 3.05) is 13.2 Å². The molecule has 1 saturated heterocycles. The van der Waals surface area contributed by atoms with Crippen LogP contribution in [0.2, 0.25) is 0 Å². The summed E-state index contributed by atoms with van der Waals surface area (Å²) in [6, 6.07) is 9.30. The van der Waals surface area contributed by atoms with Crippen molar-refractivity contribution in [1.82, 2.24) is 5.32 Å². The number of rotatable bonds is 7. The molecule has 2 aromatic carbocycles. The minimum Gasteiger partial charge on any atom is -0.487 e. The van der Waals surface area contributed by atoms with Crippen molar-refractivity contribution in [2.45, 2.75) is 44.6 Å². The SMILES string of the molecule is CC1(C)OCC(C(O)CNC(=O)c2cc(F)cc(C(F)(F)F)c2OCc2ccccc2)O1. The summed E-state index contributed by atoms with van der Waals surface area (Å²) in [6.45, 7) is 2.77. The zero-order valence-electron chi connectivity index (χ0n) is 17.4. The van der Waals surface area contributed by atoms with Gasteiger partial charge >= 0.3 is 6.18 Å². The first-order valence-electron chi connectivity index (χ1n) is 9.82. The highest BCUT2D eigenvalue weighted by atomic mass is 19.4. The maximum atomic E-state index is 14.0. The van der Waals surface area contributed by atoms with Crippen molar-refractivity contribution >= 4 is 5.91 Å². The topological polar surface area (TPSA) is 77.0 Å². The van der Waals surface area contributed by atoms with Crippen molar-refractivity contribution in [2.24, 2.45) is 0 Å². The summed E-state index contributed by atoms with van der Waals surface area (Å²) in [5, 5.41) is 12.5. The van der Waals surface area contributed by atoms with Gasteiger partial charge in [-0.25, -0.2) is 4.39 Å². The fraction of sp³-hybridized carbons (Fsp3) is 0.409. The van der Waals surface area contributed by atoms with Gasteiger partial charge in [0.25, 0.3) is 5.91 Å². The van der Waals surface area contributed by atoms with Crippen molar-refractivity contribution in [3.05, 3.63) is 65.0 Å². The molecule has 1 aliphatic rings. The van der Waals surface area contributed by atoms with Gasteiger partial charge in [0.15, 0.2) is 5.79 Å². The first kappa shape index (κ1) is 24.0. The second-order valence-electron chi connectivity index (χ2n) is 7.75. The van der Waals surface area contributed by atoms with E-state index in [1.165, 1.54) is 0 Å². The van der Waals surface area contributed by atoms with Crippen LogP contribution < -0.4 is 10.1 Å². The Labute approximate surface area is 182 Å². The molecule has 1 heterocycles. The number of aliphatic hydroxyl groups is 1. The van der Waals surface area contributed by atoms with E-state index in [1.54, 1.807) is 44.2 Å². The molecule has 3 rings (SSSR count). The van der Waals surface area contributed by atoms with Gasteiger partial charge in [0.2, 0.25) is 0 Å². The van der Waals surface area contributed by atoms with Gasteiger partial charge in [-0.15, -0.1) is 0 Å². The van der Waals surface area contributed by atoms with Gasteiger partial charge in [-0.3, -0.25) is 4.79 Å². The van der Waals surface area contributed by atoms with Crippen LogP contribution in [-0.2, 0) is 22.3 Å². The van der Waals surface area contributed by atoms with E-state index < -0.39 is 52.8 Å². The molecule has 6 nitrogen and oxygen atoms in total. The molecule has 0 aromatic heterocycles. The Morgan fingerprint density at radius 2 is 1.97 bits per heavy atom. The van der Waals surface area contributed by atoms with Crippen LogP contribution in [0.3, 0.4) is 0 Å². The van der Waals surface area contributed by atoms with E-state index in [0.717, 1.165) is 0 Å². The Hall–Kier alpha value is -2.69. The lowest BCUT2D eigenvalue weighted by Crippen LogP contribution is -2.41. The summed E-state index contributed by atoms with van der Waals surface area (Å²) < 4.78 is 70.7. The third kappa shape index (κ3) is 5.96. The summed E-state index contributed by atoms with van der Waals surface area (Å²) in [6.07, 6.45) is -6.88. The Kier molecular flexibility index (Phi) is 7.06. The number of carbonyl (C=O) groups is 1. The standard InChI is InChI=1S/C22H23F4NO5/c1-21(2)31-12-18(32-21)17(28)10-27-20(29)15-8-14(23)9-16(22(24,25)26)19(15)30-11-13-6-4-3-5-7-13/h3-9,17-18,28H,10-12H2,1-2H3,(H,27,29). The second kappa shape index (κ2) is 9.43. The van der Waals surface area contributed by atoms with Gasteiger partial charge in [-0.05, 0) is 31.5 Å². The van der Waals surface area contributed by atoms with Crippen LogP contribution in [-0.4, -0.2) is 42.2 Å². The van der Waals surface area contributed by atoms with Crippen molar-refractivity contribution in [3.8, 4) is 5.75 Å². The predicted octanol–water partition coefficient (Wildman–Crippen LogP) is 3.67. The number of ether oxygens (including phenoxy) is 3. The smallest absolute Gasteiger partial charge is 0.420 e. The summed E-state index contributed by atoms with van der Waals surface area (Å²) in [5.41, 5.74) is -1.48. The van der Waals surface area contributed by atoms with E-state index >= 15 is 0 Å². The van der Waals surface area contributed by atoms with Gasteiger partial charge in [-0.2, -0.15) is 13.2 Å². The Morgan fingerprint density at radius 1 is 1.28 bits per heavy atom. The number of benzene rings is 2. The Morgan fingerprint density at radius 3 is 2.56 bits per heavy atom. The number of carbonyl (C=O) groups excluding carboxylic acids is 1. The highest BCUT2D eigenvalue weighted by Crippen LogP contribution is 2.39. The molecular formula is C22H23F4NO5. The predicted molar refractivity (Wildman–Crippen MR) is 105 cm³/mol. The number of halogens is 4. The van der Waals surface area contributed by atoms with Gasteiger partial charge in [-0.1, -0.05) is 30.3 Å². The van der Waals surface area contributed by atoms with Gasteiger partial charge in [0.1, 0.15) is 29.8 Å². The molecule has 0 radical (unpaired) electrons. The third-order valence-electron chi connectivity index (χ3n) is 4.76. The fourth-order valence-corrected chi connectivity index (χ4v) is 3.19. The highest BCUT2D eigenvalue weighted by molar-refractivity contribution is 5.97. The zero-order chi connectivity index (χ0) is 23.5. The van der Waals surface area contributed by atoms with Crippen LogP contribution in [0.1, 0.15) is 35.3 Å². The van der Waals surface area contributed by atoms with Gasteiger partial charge < -0.3 is 24.6 Å². The Balaban J connectivity index is 1.80. The van der Waals surface area contributed by atoms with E-state index in [2.05, 4.69) is 5.32 Å². The molecule has 1 fully saturated rings. The first-order valence-corrected chi connectivity index (χ1v) is 9.82. The van der Waals surface area contributed by atoms with Crippen molar-refractivity contribution < 1.29 is 41.7 Å². The van der Waals surface area contributed by atoms with E-state index in [4.69, 9.17) is 14.2 Å². The maximum Gasteiger partial charge on any atom is 0.420 e. The third-order valence-corrected chi connectivity index (χ3v) is 4.76. The molecule has 2 aromatic rings. The number of nitrogens with one attached hydrogen (secondary N) is 1. The fourth-order valence-electron chi connectivity index (χ4n) is 3.19. The summed E-state index contributed by atoms with van der Waals surface area (Å²) in [4.78, 5) is 12.6. The molecule has 1 amide bonds. The summed E-state index contributed by atoms with van der Waals surface area (Å²) in [5.74, 6) is -3.98. The molecule has 0 aliphatic carbocycles. The number of alkyl halides is 3. The van der Waals surface area contributed by atoms with Crippen LogP contribution >= 0.6 is 0 Å². The normalized spacial score (nSPS) is 18.9. The van der Waals surface area contributed by atoms with Crippen LogP contribution in [0.15, 0.2) is 42.5 Å². The molecule has 32 heavy (non-hydrogen) atoms. The molecular weight excluding hydrogens is 434 g/mol. The minimum absolute atomic E-state index is 0.0770. The summed E-state index contributed by atoms with van der Waals surface area (Å²) in [7, 11) is 0. The number of hydrogen-bond donors (Lipinski definition) is 2. The highest BCUT2D eigenvalue weighted by Gasteiger charge is 2.39. The molecule has 2 unspecified atom stereocenters. The molecule has 174 valence electrons. The van der Waals surface area contributed by atoms with Crippen LogP contribution in [0.5, 0.6) is 5.75 Å². The molecule has 2 atom stereocenters. The largest absolute Gasteiger partial charge is 0.487 e. The average molecular weight is 457 g/mol. The average Bonchev–Trinajstić information content (AvgIpc) is 3.10. The maximum absolute atomic E-state index is 14.0. The van der Waals surface area contributed by atoms with Gasteiger partial charge in [0, 0.05) is 6.54 Å². The minimum atomic E-state index is -4.96. The molecule has 0 bridgehead atoms. The monoisotopic (exact) mass is 457 g/mol. The number of hydrogen-bond acceptors (Lipinski definition) is 5. The van der Waals surface area contributed by atoms with E-state index in [0.29, 0.717) is 11.6 Å². The zero-order valence-corrected chi connectivity index (χ0v) is 17.4. The van der Waals surface area contributed by atoms with Gasteiger partial charge in [0.05, 0.1) is 18.3 Å². The Bertz CT molecular complexity index is 949. The second-order valence-corrected chi connectivity index (χ2v) is 7.75. The quantitative estimate of drug-likeness (QED) is 0.621. The van der Waals surface area contributed by atoms with Crippen LogP contribution in [0.4, 0.5) is 17.6 Å². The van der Waals surface area contributed by atoms with E-state index in [9.17, 15) is 27.5 Å². The van der Waals surface area contributed by atoms with Crippen LogP contribution in [0.25, 0.3) is 0 Å². The lowest BCUT2D eigenvalue weighted by molar-refractivity contribution is -0.150. The van der Waals surface area contributed by atoms with Crippen molar-refractivity contribution in [3.63, 3.8) is 0 Å². The molecule has 0 saturated carbocycles.